The molecule has 0 N–H and O–H groups in total. The zero-order valence-corrected chi connectivity index (χ0v) is 13.8. The minimum absolute atomic E-state index is 0.0146. The van der Waals surface area contributed by atoms with Gasteiger partial charge in [0.05, 0.1) is 17.9 Å². The number of carbonyl (C=O) groups excluding carboxylic acids is 2. The molecule has 2 heterocycles. The molecule has 0 radical (unpaired) electrons. The van der Waals surface area contributed by atoms with Crippen molar-refractivity contribution in [3.8, 4) is 0 Å². The first kappa shape index (κ1) is 16.2. The van der Waals surface area contributed by atoms with Crippen molar-refractivity contribution < 1.29 is 22.7 Å². The van der Waals surface area contributed by atoms with Crippen LogP contribution in [0.25, 0.3) is 0 Å². The van der Waals surface area contributed by atoms with E-state index in [-0.39, 0.29) is 23.9 Å². The summed E-state index contributed by atoms with van der Waals surface area (Å²) in [5.41, 5.74) is 0.269. The van der Waals surface area contributed by atoms with Crippen LogP contribution in [-0.2, 0) is 24.2 Å². The van der Waals surface area contributed by atoms with Crippen molar-refractivity contribution in [1.29, 1.82) is 0 Å². The Morgan fingerprint density at radius 3 is 2.38 bits per heavy atom. The summed E-state index contributed by atoms with van der Waals surface area (Å²) < 4.78 is 29.5. The maximum atomic E-state index is 12.5. The highest BCUT2D eigenvalue weighted by Crippen LogP contribution is 2.39. The van der Waals surface area contributed by atoms with Crippen LogP contribution in [0.1, 0.15) is 34.1 Å². The smallest absolute Gasteiger partial charge is 0.231 e. The van der Waals surface area contributed by atoms with Crippen LogP contribution in [0.2, 0.25) is 0 Å². The van der Waals surface area contributed by atoms with Gasteiger partial charge in [-0.05, 0) is 12.5 Å². The maximum absolute atomic E-state index is 12.5. The first-order valence-corrected chi connectivity index (χ1v) is 8.52. The molecule has 0 aliphatic carbocycles. The molecule has 21 heavy (non-hydrogen) atoms. The van der Waals surface area contributed by atoms with Crippen LogP contribution in [0.4, 0.5) is 0 Å². The molecule has 1 fully saturated rings. The van der Waals surface area contributed by atoms with Crippen LogP contribution >= 0.6 is 0 Å². The van der Waals surface area contributed by atoms with E-state index in [1.165, 1.54) is 12.0 Å². The lowest BCUT2D eigenvalue weighted by molar-refractivity contribution is -0.144. The molecule has 1 saturated heterocycles. The van der Waals surface area contributed by atoms with Gasteiger partial charge in [-0.1, -0.05) is 20.8 Å². The van der Waals surface area contributed by atoms with Gasteiger partial charge in [0.25, 0.3) is 0 Å². The van der Waals surface area contributed by atoms with E-state index >= 15 is 0 Å². The van der Waals surface area contributed by atoms with Crippen molar-refractivity contribution >= 4 is 21.5 Å². The van der Waals surface area contributed by atoms with Gasteiger partial charge in [0.15, 0.2) is 21.7 Å². The predicted molar refractivity (Wildman–Crippen MR) is 77.0 cm³/mol. The van der Waals surface area contributed by atoms with E-state index in [2.05, 4.69) is 0 Å². The topological polar surface area (TPSA) is 80.8 Å². The Hall–Kier alpha value is -1.21. The molecule has 0 aromatic rings. The van der Waals surface area contributed by atoms with Gasteiger partial charge in [-0.2, -0.15) is 0 Å². The molecule has 1 amide bonds. The van der Waals surface area contributed by atoms with Crippen LogP contribution in [0.3, 0.4) is 0 Å². The number of rotatable bonds is 3. The maximum Gasteiger partial charge on any atom is 0.231 e. The number of ketones is 1. The Labute approximate surface area is 125 Å². The van der Waals surface area contributed by atoms with Gasteiger partial charge >= 0.3 is 0 Å². The second kappa shape index (κ2) is 4.91. The first-order valence-electron chi connectivity index (χ1n) is 6.81. The number of hydrogen-bond donors (Lipinski definition) is 0. The van der Waals surface area contributed by atoms with Crippen LogP contribution in [0.15, 0.2) is 11.3 Å². The quantitative estimate of drug-likeness (QED) is 0.722. The monoisotopic (exact) mass is 315 g/mol. The molecule has 7 heteroatoms. The van der Waals surface area contributed by atoms with Gasteiger partial charge in [-0.3, -0.25) is 14.5 Å². The van der Waals surface area contributed by atoms with Crippen molar-refractivity contribution in [2.45, 2.75) is 45.6 Å². The molecule has 0 bridgehead atoms. The van der Waals surface area contributed by atoms with Crippen molar-refractivity contribution in [2.24, 2.45) is 5.41 Å². The average Bonchev–Trinajstić information content (AvgIpc) is 2.31. The molecule has 0 spiro atoms. The standard InChI is InChI=1S/C14H21NO5S/c1-8-7-21(18,19)10-6-9(16)15(10)11(8)12(20-5)13(17)14(2,3)4/h10,12H,6-7H2,1-5H3/t10-,12?/m0/s1. The van der Waals surface area contributed by atoms with E-state index in [0.717, 1.165) is 0 Å². The minimum atomic E-state index is -3.36. The summed E-state index contributed by atoms with van der Waals surface area (Å²) in [5, 5.41) is -0.839. The number of fused-ring (bicyclic) bond motifs is 1. The molecule has 0 aromatic carbocycles. The Morgan fingerprint density at radius 2 is 1.95 bits per heavy atom. The van der Waals surface area contributed by atoms with Crippen LogP contribution in [-0.4, -0.2) is 49.3 Å². The van der Waals surface area contributed by atoms with Gasteiger partial charge in [-0.15, -0.1) is 0 Å². The second-order valence-electron chi connectivity index (χ2n) is 6.63. The summed E-state index contributed by atoms with van der Waals surface area (Å²) in [7, 11) is -1.96. The lowest BCUT2D eigenvalue weighted by Crippen LogP contribution is -2.61. The first-order chi connectivity index (χ1) is 9.50. The summed E-state index contributed by atoms with van der Waals surface area (Å²) >= 11 is 0. The summed E-state index contributed by atoms with van der Waals surface area (Å²) in [5.74, 6) is -0.577. The molecule has 0 saturated carbocycles. The normalized spacial score (nSPS) is 26.2. The number of ether oxygens (including phenoxy) is 1. The van der Waals surface area contributed by atoms with Crippen molar-refractivity contribution in [3.63, 3.8) is 0 Å². The van der Waals surface area contributed by atoms with E-state index in [0.29, 0.717) is 11.3 Å². The number of amides is 1. The van der Waals surface area contributed by atoms with E-state index in [9.17, 15) is 18.0 Å². The van der Waals surface area contributed by atoms with E-state index < -0.39 is 26.7 Å². The van der Waals surface area contributed by atoms with E-state index in [4.69, 9.17) is 4.74 Å². The number of sulfone groups is 1. The zero-order chi connectivity index (χ0) is 16.2. The highest BCUT2D eigenvalue weighted by Gasteiger charge is 2.53. The van der Waals surface area contributed by atoms with Gasteiger partial charge in [0.1, 0.15) is 5.37 Å². The fraction of sp³-hybridized carbons (Fsp3) is 0.714. The van der Waals surface area contributed by atoms with Crippen molar-refractivity contribution in [1.82, 2.24) is 4.90 Å². The average molecular weight is 315 g/mol. The van der Waals surface area contributed by atoms with Crippen LogP contribution in [0.5, 0.6) is 0 Å². The number of carbonyl (C=O) groups is 2. The molecule has 0 aromatic heterocycles. The van der Waals surface area contributed by atoms with Gasteiger partial charge in [-0.25, -0.2) is 8.42 Å². The van der Waals surface area contributed by atoms with E-state index in [1.807, 2.05) is 0 Å². The summed E-state index contributed by atoms with van der Waals surface area (Å²) in [6.45, 7) is 6.95. The fourth-order valence-corrected chi connectivity index (χ4v) is 4.62. The summed E-state index contributed by atoms with van der Waals surface area (Å²) in [6, 6.07) is 0. The van der Waals surface area contributed by atoms with Gasteiger partial charge in [0.2, 0.25) is 5.91 Å². The molecular formula is C14H21NO5S. The Kier molecular flexibility index (Phi) is 3.78. The third-order valence-electron chi connectivity index (χ3n) is 3.90. The molecule has 2 atom stereocenters. The molecule has 1 unspecified atom stereocenters. The SMILES string of the molecule is COC(C(=O)C(C)(C)C)C1=C(C)CS(=O)(=O)[C@H]2CC(=O)N12. The third-order valence-corrected chi connectivity index (χ3v) is 5.94. The number of hydrogen-bond acceptors (Lipinski definition) is 5. The second-order valence-corrected chi connectivity index (χ2v) is 8.78. The minimum Gasteiger partial charge on any atom is -0.367 e. The van der Waals surface area contributed by atoms with Crippen molar-refractivity contribution in [3.05, 3.63) is 11.3 Å². The number of Topliss-reactive ketones (excluding diaryl/α,β-unsaturated/α-hetero) is 1. The Bertz CT molecular complexity index is 626. The van der Waals surface area contributed by atoms with Crippen LogP contribution < -0.4 is 0 Å². The Balaban J connectivity index is 2.50. The van der Waals surface area contributed by atoms with E-state index in [1.54, 1.807) is 27.7 Å². The fourth-order valence-electron chi connectivity index (χ4n) is 2.73. The number of nitrogens with zero attached hydrogens (tertiary/aromatic N) is 1. The molecule has 2 aliphatic rings. The number of methoxy groups -OCH3 is 1. The largest absolute Gasteiger partial charge is 0.367 e. The van der Waals surface area contributed by atoms with Crippen LogP contribution in [0, 0.1) is 5.41 Å². The zero-order valence-electron chi connectivity index (χ0n) is 13.0. The number of β-lactam (4-membered cyclic amide) rings is 1. The molecule has 2 aliphatic heterocycles. The molecule has 118 valence electrons. The predicted octanol–water partition coefficient (Wildman–Crippen LogP) is 0.877. The van der Waals surface area contributed by atoms with Crippen molar-refractivity contribution in [2.75, 3.05) is 12.9 Å². The highest BCUT2D eigenvalue weighted by atomic mass is 32.2. The molecule has 2 rings (SSSR count). The summed E-state index contributed by atoms with van der Waals surface area (Å²) in [6.07, 6.45) is -0.925. The summed E-state index contributed by atoms with van der Waals surface area (Å²) in [4.78, 5) is 25.6. The molecule has 6 nitrogen and oxygen atoms in total. The lowest BCUT2D eigenvalue weighted by Gasteiger charge is -2.47. The highest BCUT2D eigenvalue weighted by molar-refractivity contribution is 7.92. The lowest BCUT2D eigenvalue weighted by atomic mass is 9.85. The van der Waals surface area contributed by atoms with Gasteiger partial charge < -0.3 is 4.74 Å². The third kappa shape index (κ3) is 2.53. The Morgan fingerprint density at radius 1 is 1.38 bits per heavy atom. The van der Waals surface area contributed by atoms with Gasteiger partial charge in [0, 0.05) is 12.5 Å². The molecular weight excluding hydrogens is 294 g/mol.